The first-order valence-electron chi connectivity index (χ1n) is 6.19. The summed E-state index contributed by atoms with van der Waals surface area (Å²) in [7, 11) is 0. The monoisotopic (exact) mass is 332 g/mol. The van der Waals surface area contributed by atoms with Crippen molar-refractivity contribution in [3.05, 3.63) is 52.7 Å². The van der Waals surface area contributed by atoms with E-state index in [2.05, 4.69) is 36.4 Å². The Morgan fingerprint density at radius 3 is 2.80 bits per heavy atom. The number of nitrogens with zero attached hydrogens (tertiary/aromatic N) is 2. The normalized spacial score (nSPS) is 10.7. The van der Waals surface area contributed by atoms with Gasteiger partial charge in [0.1, 0.15) is 11.6 Å². The van der Waals surface area contributed by atoms with Crippen molar-refractivity contribution in [3.63, 3.8) is 0 Å². The Morgan fingerprint density at radius 1 is 1.25 bits per heavy atom. The van der Waals surface area contributed by atoms with E-state index in [1.807, 2.05) is 43.3 Å². The van der Waals surface area contributed by atoms with Crippen LogP contribution in [0, 0.1) is 6.92 Å². The number of aryl methyl sites for hydroxylation is 1. The maximum atomic E-state index is 5.47. The number of halogens is 1. The average molecular weight is 333 g/mol. The van der Waals surface area contributed by atoms with E-state index in [1.165, 1.54) is 0 Å². The van der Waals surface area contributed by atoms with Crippen molar-refractivity contribution < 1.29 is 4.42 Å². The molecule has 0 aliphatic heterocycles. The summed E-state index contributed by atoms with van der Waals surface area (Å²) in [6, 6.07) is 11.7. The molecule has 0 atom stereocenters. The Bertz CT molecular complexity index is 719. The van der Waals surface area contributed by atoms with Crippen LogP contribution in [0.1, 0.15) is 11.6 Å². The van der Waals surface area contributed by atoms with Crippen molar-refractivity contribution in [2.45, 2.75) is 13.5 Å². The maximum absolute atomic E-state index is 5.47. The molecule has 2 heterocycles. The molecule has 1 aromatic carbocycles. The highest BCUT2D eigenvalue weighted by atomic mass is 79.9. The first-order chi connectivity index (χ1) is 9.72. The predicted octanol–water partition coefficient (Wildman–Crippen LogP) is 3.75. The summed E-state index contributed by atoms with van der Waals surface area (Å²) in [5.41, 5.74) is 1.93. The minimum absolute atomic E-state index is 0.603. The minimum Gasteiger partial charge on any atom is -0.452 e. The van der Waals surface area contributed by atoms with Crippen molar-refractivity contribution in [3.8, 4) is 11.4 Å². The first-order valence-corrected chi connectivity index (χ1v) is 6.98. The Labute approximate surface area is 124 Å². The molecule has 0 saturated carbocycles. The van der Waals surface area contributed by atoms with E-state index in [0.29, 0.717) is 12.4 Å². The molecule has 3 aromatic rings. The van der Waals surface area contributed by atoms with Gasteiger partial charge in [0.2, 0.25) is 0 Å². The largest absolute Gasteiger partial charge is 0.452 e. The summed E-state index contributed by atoms with van der Waals surface area (Å²) < 4.78 is 6.20. The number of aromatic nitrogens is 3. The summed E-state index contributed by atoms with van der Waals surface area (Å²) in [5, 5.41) is 10.4. The van der Waals surface area contributed by atoms with E-state index in [1.54, 1.807) is 0 Å². The lowest BCUT2D eigenvalue weighted by atomic mass is 10.1. The van der Waals surface area contributed by atoms with Gasteiger partial charge < -0.3 is 9.73 Å². The summed E-state index contributed by atoms with van der Waals surface area (Å²) >= 11 is 3.29. The molecule has 0 amide bonds. The Balaban J connectivity index is 1.83. The zero-order valence-corrected chi connectivity index (χ0v) is 12.4. The first kappa shape index (κ1) is 12.9. The smallest absolute Gasteiger partial charge is 0.183 e. The van der Waals surface area contributed by atoms with E-state index in [9.17, 15) is 0 Å². The van der Waals surface area contributed by atoms with Gasteiger partial charge in [0.25, 0.3) is 0 Å². The van der Waals surface area contributed by atoms with Gasteiger partial charge >= 0.3 is 0 Å². The Kier molecular flexibility index (Phi) is 3.56. The molecule has 3 rings (SSSR count). The number of aromatic amines is 1. The zero-order chi connectivity index (χ0) is 13.9. The van der Waals surface area contributed by atoms with Crippen LogP contribution in [-0.4, -0.2) is 15.2 Å². The van der Waals surface area contributed by atoms with Gasteiger partial charge in [-0.15, -0.1) is 0 Å². The third kappa shape index (κ3) is 2.75. The van der Waals surface area contributed by atoms with E-state index in [-0.39, 0.29) is 0 Å². The maximum Gasteiger partial charge on any atom is 0.183 e. The molecule has 5 nitrogen and oxygen atoms in total. The molecule has 0 spiro atoms. The fourth-order valence-corrected chi connectivity index (χ4v) is 2.26. The standard InChI is InChI=1S/C14H13BrN4O/c1-9-17-14(19-18-9)11-4-2-3-5-12(11)16-8-10-6-7-13(15)20-10/h2-7,16H,8H2,1H3,(H,17,18,19). The number of hydrogen-bond acceptors (Lipinski definition) is 4. The zero-order valence-electron chi connectivity index (χ0n) is 10.9. The fraction of sp³-hybridized carbons (Fsp3) is 0.143. The number of rotatable bonds is 4. The lowest BCUT2D eigenvalue weighted by molar-refractivity contribution is 0.495. The molecule has 2 aromatic heterocycles. The summed E-state index contributed by atoms with van der Waals surface area (Å²) in [5.74, 6) is 2.34. The summed E-state index contributed by atoms with van der Waals surface area (Å²) in [6.07, 6.45) is 0. The van der Waals surface area contributed by atoms with Crippen LogP contribution >= 0.6 is 15.9 Å². The number of para-hydroxylation sites is 1. The van der Waals surface area contributed by atoms with Crippen LogP contribution in [0.15, 0.2) is 45.5 Å². The topological polar surface area (TPSA) is 66.7 Å². The second kappa shape index (κ2) is 5.50. The molecular formula is C14H13BrN4O. The SMILES string of the molecule is Cc1nc(-c2ccccc2NCc2ccc(Br)o2)n[nH]1. The molecule has 2 N–H and O–H groups in total. The van der Waals surface area contributed by atoms with Gasteiger partial charge in [-0.2, -0.15) is 5.10 Å². The average Bonchev–Trinajstić information content (AvgIpc) is 3.06. The molecule has 0 fully saturated rings. The lowest BCUT2D eigenvalue weighted by Crippen LogP contribution is -2.00. The summed E-state index contributed by atoms with van der Waals surface area (Å²) in [4.78, 5) is 4.36. The van der Waals surface area contributed by atoms with E-state index >= 15 is 0 Å². The quantitative estimate of drug-likeness (QED) is 0.763. The third-order valence-corrected chi connectivity index (χ3v) is 3.27. The molecule has 0 aliphatic carbocycles. The van der Waals surface area contributed by atoms with Gasteiger partial charge in [0, 0.05) is 11.3 Å². The van der Waals surface area contributed by atoms with Crippen LogP contribution in [0.3, 0.4) is 0 Å². The number of furan rings is 1. The van der Waals surface area contributed by atoms with Crippen LogP contribution < -0.4 is 5.32 Å². The molecule has 102 valence electrons. The van der Waals surface area contributed by atoms with Gasteiger partial charge in [0.05, 0.1) is 6.54 Å². The molecule has 0 bridgehead atoms. The second-order valence-corrected chi connectivity index (χ2v) is 5.13. The van der Waals surface area contributed by atoms with Crippen LogP contribution in [-0.2, 0) is 6.54 Å². The molecule has 0 aliphatic rings. The van der Waals surface area contributed by atoms with Gasteiger partial charge in [-0.25, -0.2) is 4.98 Å². The highest BCUT2D eigenvalue weighted by Crippen LogP contribution is 2.25. The molecule has 6 heteroatoms. The van der Waals surface area contributed by atoms with Crippen molar-refractivity contribution in [2.24, 2.45) is 0 Å². The second-order valence-electron chi connectivity index (χ2n) is 4.35. The molecule has 0 radical (unpaired) electrons. The third-order valence-electron chi connectivity index (χ3n) is 2.85. The van der Waals surface area contributed by atoms with Crippen LogP contribution in [0.5, 0.6) is 0 Å². The van der Waals surface area contributed by atoms with Gasteiger partial charge in [-0.05, 0) is 47.1 Å². The van der Waals surface area contributed by atoms with Gasteiger partial charge in [0.15, 0.2) is 10.5 Å². The Morgan fingerprint density at radius 2 is 2.10 bits per heavy atom. The van der Waals surface area contributed by atoms with Crippen molar-refractivity contribution >= 4 is 21.6 Å². The van der Waals surface area contributed by atoms with Crippen LogP contribution in [0.2, 0.25) is 0 Å². The van der Waals surface area contributed by atoms with Gasteiger partial charge in [-0.1, -0.05) is 12.1 Å². The number of H-pyrrole nitrogens is 1. The van der Waals surface area contributed by atoms with E-state index in [4.69, 9.17) is 4.42 Å². The lowest BCUT2D eigenvalue weighted by Gasteiger charge is -2.08. The number of nitrogens with one attached hydrogen (secondary N) is 2. The highest BCUT2D eigenvalue weighted by molar-refractivity contribution is 9.10. The minimum atomic E-state index is 0.603. The molecule has 0 unspecified atom stereocenters. The van der Waals surface area contributed by atoms with Crippen molar-refractivity contribution in [1.29, 1.82) is 0 Å². The number of hydrogen-bond donors (Lipinski definition) is 2. The molecule has 20 heavy (non-hydrogen) atoms. The number of anilines is 1. The highest BCUT2D eigenvalue weighted by Gasteiger charge is 2.09. The summed E-state index contributed by atoms with van der Waals surface area (Å²) in [6.45, 7) is 2.49. The van der Waals surface area contributed by atoms with Crippen molar-refractivity contribution in [1.82, 2.24) is 15.2 Å². The van der Waals surface area contributed by atoms with Gasteiger partial charge in [-0.3, -0.25) is 5.10 Å². The predicted molar refractivity (Wildman–Crippen MR) is 80.3 cm³/mol. The van der Waals surface area contributed by atoms with Crippen LogP contribution in [0.4, 0.5) is 5.69 Å². The van der Waals surface area contributed by atoms with E-state index < -0.39 is 0 Å². The molecular weight excluding hydrogens is 320 g/mol. The molecule has 0 saturated heterocycles. The van der Waals surface area contributed by atoms with Crippen molar-refractivity contribution in [2.75, 3.05) is 5.32 Å². The number of benzene rings is 1. The van der Waals surface area contributed by atoms with E-state index in [0.717, 1.165) is 27.5 Å². The van der Waals surface area contributed by atoms with Crippen LogP contribution in [0.25, 0.3) is 11.4 Å². The fourth-order valence-electron chi connectivity index (χ4n) is 1.92. The Hall–Kier alpha value is -2.08.